The van der Waals surface area contributed by atoms with Crippen molar-refractivity contribution in [3.05, 3.63) is 65.3 Å². The normalized spacial score (nSPS) is 11.0. The van der Waals surface area contributed by atoms with E-state index in [-0.39, 0.29) is 17.7 Å². The number of nitrogens with one attached hydrogen (secondary N) is 1. The Morgan fingerprint density at radius 3 is 2.79 bits per heavy atom. The van der Waals surface area contributed by atoms with Gasteiger partial charge < -0.3 is 4.74 Å². The largest absolute Gasteiger partial charge is 0.493 e. The lowest BCUT2D eigenvalue weighted by molar-refractivity contribution is -0.116. The SMILES string of the molecule is Cc1ccccc1OCCCC(=O)Nc1nc2scc(-c3ccc(F)cc3)n2n1. The fraction of sp³-hybridized carbons (Fsp3) is 0.190. The van der Waals surface area contributed by atoms with E-state index in [1.54, 1.807) is 16.6 Å². The van der Waals surface area contributed by atoms with Crippen LogP contribution in [-0.2, 0) is 4.79 Å². The molecule has 2 aromatic carbocycles. The van der Waals surface area contributed by atoms with Gasteiger partial charge in [-0.25, -0.2) is 8.91 Å². The maximum Gasteiger partial charge on any atom is 0.250 e. The molecule has 8 heteroatoms. The van der Waals surface area contributed by atoms with Crippen LogP contribution >= 0.6 is 11.3 Å². The van der Waals surface area contributed by atoms with Crippen molar-refractivity contribution in [1.82, 2.24) is 14.6 Å². The van der Waals surface area contributed by atoms with E-state index in [0.29, 0.717) is 24.4 Å². The van der Waals surface area contributed by atoms with Crippen molar-refractivity contribution in [1.29, 1.82) is 0 Å². The van der Waals surface area contributed by atoms with Gasteiger partial charge in [0, 0.05) is 17.4 Å². The minimum atomic E-state index is -0.293. The van der Waals surface area contributed by atoms with Crippen LogP contribution in [0.3, 0.4) is 0 Å². The molecule has 0 bridgehead atoms. The lowest BCUT2D eigenvalue weighted by atomic mass is 10.2. The van der Waals surface area contributed by atoms with E-state index in [1.807, 2.05) is 36.6 Å². The van der Waals surface area contributed by atoms with Crippen molar-refractivity contribution >= 4 is 28.2 Å². The van der Waals surface area contributed by atoms with Crippen LogP contribution in [-0.4, -0.2) is 27.1 Å². The van der Waals surface area contributed by atoms with Crippen LogP contribution in [0.15, 0.2) is 53.9 Å². The number of aryl methyl sites for hydroxylation is 1. The molecule has 2 heterocycles. The highest BCUT2D eigenvalue weighted by Crippen LogP contribution is 2.26. The number of benzene rings is 2. The molecule has 0 fully saturated rings. The summed E-state index contributed by atoms with van der Waals surface area (Å²) in [5, 5.41) is 8.98. The molecule has 1 amide bonds. The third-order valence-corrected chi connectivity index (χ3v) is 5.19. The molecular formula is C21H19FN4O2S. The second-order valence-corrected chi connectivity index (χ2v) is 7.36. The summed E-state index contributed by atoms with van der Waals surface area (Å²) in [7, 11) is 0. The monoisotopic (exact) mass is 410 g/mol. The summed E-state index contributed by atoms with van der Waals surface area (Å²) in [6.07, 6.45) is 0.896. The Balaban J connectivity index is 1.34. The predicted octanol–water partition coefficient (Wildman–Crippen LogP) is 4.70. The van der Waals surface area contributed by atoms with Crippen LogP contribution in [0.4, 0.5) is 10.3 Å². The quantitative estimate of drug-likeness (QED) is 0.448. The van der Waals surface area contributed by atoms with Crippen LogP contribution < -0.4 is 10.1 Å². The average Bonchev–Trinajstić information content (AvgIpc) is 3.27. The molecule has 4 rings (SSSR count). The van der Waals surface area contributed by atoms with Crippen LogP contribution in [0, 0.1) is 12.7 Å². The van der Waals surface area contributed by atoms with Crippen LogP contribution in [0.25, 0.3) is 16.2 Å². The second kappa shape index (κ2) is 8.40. The molecule has 0 aliphatic heterocycles. The van der Waals surface area contributed by atoms with E-state index >= 15 is 0 Å². The maximum absolute atomic E-state index is 13.1. The smallest absolute Gasteiger partial charge is 0.250 e. The summed E-state index contributed by atoms with van der Waals surface area (Å²) in [6, 6.07) is 13.9. The summed E-state index contributed by atoms with van der Waals surface area (Å²) in [5.74, 6) is 0.625. The number of fused-ring (bicyclic) bond motifs is 1. The van der Waals surface area contributed by atoms with Crippen molar-refractivity contribution in [2.45, 2.75) is 19.8 Å². The molecular weight excluding hydrogens is 391 g/mol. The van der Waals surface area contributed by atoms with E-state index in [1.165, 1.54) is 23.5 Å². The number of carbonyl (C=O) groups excluding carboxylic acids is 1. The Bertz CT molecular complexity index is 1140. The third kappa shape index (κ3) is 4.43. The van der Waals surface area contributed by atoms with E-state index in [9.17, 15) is 9.18 Å². The minimum Gasteiger partial charge on any atom is -0.493 e. The number of amides is 1. The number of hydrogen-bond donors (Lipinski definition) is 1. The van der Waals surface area contributed by atoms with Gasteiger partial charge in [-0.15, -0.1) is 16.4 Å². The molecule has 4 aromatic rings. The number of para-hydroxylation sites is 1. The first-order valence-corrected chi connectivity index (χ1v) is 10.1. The zero-order chi connectivity index (χ0) is 20.2. The third-order valence-electron chi connectivity index (χ3n) is 4.37. The molecule has 148 valence electrons. The molecule has 0 saturated carbocycles. The van der Waals surface area contributed by atoms with Gasteiger partial charge in [0.25, 0.3) is 0 Å². The standard InChI is InChI=1S/C21H19FN4O2S/c1-14-5-2-3-6-18(14)28-12-4-7-19(27)23-20-24-21-26(25-20)17(13-29-21)15-8-10-16(22)11-9-15/h2-3,5-6,8-11,13H,4,7,12H2,1H3,(H,23,25,27). The van der Waals surface area contributed by atoms with E-state index < -0.39 is 0 Å². The number of halogens is 1. The van der Waals surface area contributed by atoms with Crippen molar-refractivity contribution in [3.63, 3.8) is 0 Å². The van der Waals surface area contributed by atoms with Crippen molar-refractivity contribution in [3.8, 4) is 17.0 Å². The highest BCUT2D eigenvalue weighted by molar-refractivity contribution is 7.15. The van der Waals surface area contributed by atoms with Gasteiger partial charge >= 0.3 is 0 Å². The Morgan fingerprint density at radius 1 is 1.21 bits per heavy atom. The molecule has 29 heavy (non-hydrogen) atoms. The number of carbonyl (C=O) groups is 1. The first-order valence-electron chi connectivity index (χ1n) is 9.18. The number of ether oxygens (including phenoxy) is 1. The molecule has 1 N–H and O–H groups in total. The van der Waals surface area contributed by atoms with Gasteiger partial charge in [0.2, 0.25) is 16.8 Å². The lowest BCUT2D eigenvalue weighted by Gasteiger charge is -2.08. The average molecular weight is 410 g/mol. The van der Waals surface area contributed by atoms with Gasteiger partial charge in [-0.3, -0.25) is 10.1 Å². The second-order valence-electron chi connectivity index (χ2n) is 6.52. The summed E-state index contributed by atoms with van der Waals surface area (Å²) < 4.78 is 20.5. The van der Waals surface area contributed by atoms with Crippen molar-refractivity contribution < 1.29 is 13.9 Å². The number of thiazole rings is 1. The van der Waals surface area contributed by atoms with Gasteiger partial charge in [0.15, 0.2) is 0 Å². The highest BCUT2D eigenvalue weighted by atomic mass is 32.1. The molecule has 0 spiro atoms. The molecule has 0 aliphatic rings. The topological polar surface area (TPSA) is 68.5 Å². The van der Waals surface area contributed by atoms with Gasteiger partial charge in [0.05, 0.1) is 12.3 Å². The molecule has 0 unspecified atom stereocenters. The lowest BCUT2D eigenvalue weighted by Crippen LogP contribution is -2.14. The maximum atomic E-state index is 13.1. The fourth-order valence-electron chi connectivity index (χ4n) is 2.87. The summed E-state index contributed by atoms with van der Waals surface area (Å²) in [5.41, 5.74) is 2.69. The van der Waals surface area contributed by atoms with Gasteiger partial charge in [0.1, 0.15) is 11.6 Å². The first kappa shape index (κ1) is 19.1. The minimum absolute atomic E-state index is 0.167. The van der Waals surface area contributed by atoms with Crippen LogP contribution in [0.2, 0.25) is 0 Å². The van der Waals surface area contributed by atoms with Crippen molar-refractivity contribution in [2.24, 2.45) is 0 Å². The van der Waals surface area contributed by atoms with Gasteiger partial charge in [-0.1, -0.05) is 18.2 Å². The zero-order valence-corrected chi connectivity index (χ0v) is 16.6. The van der Waals surface area contributed by atoms with Gasteiger partial charge in [-0.05, 0) is 49.2 Å². The van der Waals surface area contributed by atoms with E-state index in [0.717, 1.165) is 22.6 Å². The molecule has 2 aromatic heterocycles. The molecule has 0 atom stereocenters. The summed E-state index contributed by atoms with van der Waals surface area (Å²) in [6.45, 7) is 2.44. The number of aromatic nitrogens is 3. The van der Waals surface area contributed by atoms with E-state index in [4.69, 9.17) is 4.74 Å². The number of rotatable bonds is 7. The Hall–Kier alpha value is -3.26. The number of anilines is 1. The number of hydrogen-bond acceptors (Lipinski definition) is 5. The van der Waals surface area contributed by atoms with E-state index in [2.05, 4.69) is 15.4 Å². The highest BCUT2D eigenvalue weighted by Gasteiger charge is 2.13. The van der Waals surface area contributed by atoms with Gasteiger partial charge in [-0.2, -0.15) is 4.98 Å². The number of nitrogens with zero attached hydrogens (tertiary/aromatic N) is 3. The molecule has 0 radical (unpaired) electrons. The summed E-state index contributed by atoms with van der Waals surface area (Å²) >= 11 is 1.41. The Morgan fingerprint density at radius 2 is 2.00 bits per heavy atom. The fourth-order valence-corrected chi connectivity index (χ4v) is 3.70. The Labute approximate surface area is 171 Å². The molecule has 0 saturated heterocycles. The molecule has 6 nitrogen and oxygen atoms in total. The summed E-state index contributed by atoms with van der Waals surface area (Å²) in [4.78, 5) is 17.2. The van der Waals surface area contributed by atoms with Crippen LogP contribution in [0.5, 0.6) is 5.75 Å². The molecule has 0 aliphatic carbocycles. The Kier molecular flexibility index (Phi) is 5.53. The first-order chi connectivity index (χ1) is 14.1. The van der Waals surface area contributed by atoms with Crippen molar-refractivity contribution in [2.75, 3.05) is 11.9 Å². The zero-order valence-electron chi connectivity index (χ0n) is 15.8. The predicted molar refractivity (Wildman–Crippen MR) is 111 cm³/mol. The van der Waals surface area contributed by atoms with Crippen LogP contribution in [0.1, 0.15) is 18.4 Å².